The lowest BCUT2D eigenvalue weighted by molar-refractivity contribution is -0.152. The molecule has 2 heterocycles. The van der Waals surface area contributed by atoms with E-state index in [0.29, 0.717) is 25.8 Å². The Kier molecular flexibility index (Phi) is 3.31. The summed E-state index contributed by atoms with van der Waals surface area (Å²) in [6.07, 6.45) is 2.98. The number of aliphatic carboxylic acids is 1. The summed E-state index contributed by atoms with van der Waals surface area (Å²) in [6.45, 7) is 0.474. The molecule has 0 saturated carbocycles. The molecule has 2 N–H and O–H groups in total. The highest BCUT2D eigenvalue weighted by Crippen LogP contribution is 2.20. The van der Waals surface area contributed by atoms with Gasteiger partial charge in [0, 0.05) is 13.0 Å². The van der Waals surface area contributed by atoms with Gasteiger partial charge in [-0.3, -0.25) is 9.59 Å². The maximum atomic E-state index is 12.1. The SMILES string of the molecule is O=C1CCC(C(=O)N2CCCC[C@@H]2C(=O)O)N1. The van der Waals surface area contributed by atoms with E-state index in [4.69, 9.17) is 5.11 Å². The second kappa shape index (κ2) is 4.73. The molecule has 2 aliphatic heterocycles. The number of nitrogens with one attached hydrogen (secondary N) is 1. The Bertz CT molecular complexity index is 355. The first-order chi connectivity index (χ1) is 8.09. The van der Waals surface area contributed by atoms with E-state index >= 15 is 0 Å². The van der Waals surface area contributed by atoms with Gasteiger partial charge in [0.1, 0.15) is 12.1 Å². The fraction of sp³-hybridized carbons (Fsp3) is 0.727. The van der Waals surface area contributed by atoms with Gasteiger partial charge in [-0.15, -0.1) is 0 Å². The monoisotopic (exact) mass is 240 g/mol. The predicted molar refractivity (Wildman–Crippen MR) is 58.2 cm³/mol. The third kappa shape index (κ3) is 2.40. The van der Waals surface area contributed by atoms with Crippen molar-refractivity contribution in [1.29, 1.82) is 0 Å². The lowest BCUT2D eigenvalue weighted by Gasteiger charge is -2.34. The van der Waals surface area contributed by atoms with Gasteiger partial charge >= 0.3 is 5.97 Å². The minimum atomic E-state index is -0.956. The van der Waals surface area contributed by atoms with Crippen LogP contribution in [0.1, 0.15) is 32.1 Å². The fourth-order valence-electron chi connectivity index (χ4n) is 2.45. The second-order valence-corrected chi connectivity index (χ2v) is 4.54. The van der Waals surface area contributed by atoms with Gasteiger partial charge in [-0.2, -0.15) is 0 Å². The zero-order chi connectivity index (χ0) is 12.4. The highest BCUT2D eigenvalue weighted by atomic mass is 16.4. The number of carboxylic acids is 1. The maximum Gasteiger partial charge on any atom is 0.326 e. The molecule has 6 heteroatoms. The molecule has 2 atom stereocenters. The molecule has 94 valence electrons. The van der Waals surface area contributed by atoms with Crippen LogP contribution < -0.4 is 5.32 Å². The second-order valence-electron chi connectivity index (χ2n) is 4.54. The number of piperidine rings is 1. The van der Waals surface area contributed by atoms with Crippen molar-refractivity contribution in [3.05, 3.63) is 0 Å². The number of carboxylic acid groups (broad SMARTS) is 1. The Morgan fingerprint density at radius 1 is 1.29 bits per heavy atom. The van der Waals surface area contributed by atoms with E-state index < -0.39 is 18.1 Å². The van der Waals surface area contributed by atoms with E-state index in [0.717, 1.165) is 12.8 Å². The van der Waals surface area contributed by atoms with Crippen LogP contribution in [0.25, 0.3) is 0 Å². The average molecular weight is 240 g/mol. The summed E-state index contributed by atoms with van der Waals surface area (Å²) in [5.74, 6) is -1.34. The van der Waals surface area contributed by atoms with Crippen LogP contribution in [0.15, 0.2) is 0 Å². The number of carbonyl (C=O) groups is 3. The molecule has 0 aromatic carbocycles. The molecule has 0 radical (unpaired) electrons. The van der Waals surface area contributed by atoms with Crippen molar-refractivity contribution in [1.82, 2.24) is 10.2 Å². The van der Waals surface area contributed by atoms with Gasteiger partial charge in [0.15, 0.2) is 0 Å². The normalized spacial score (nSPS) is 28.9. The molecular weight excluding hydrogens is 224 g/mol. The summed E-state index contributed by atoms with van der Waals surface area (Å²) < 4.78 is 0. The molecule has 1 unspecified atom stereocenters. The number of carbonyl (C=O) groups excluding carboxylic acids is 2. The van der Waals surface area contributed by atoms with Gasteiger partial charge in [-0.25, -0.2) is 4.79 Å². The molecule has 0 aromatic rings. The summed E-state index contributed by atoms with van der Waals surface area (Å²) in [6, 6.07) is -1.25. The van der Waals surface area contributed by atoms with Crippen molar-refractivity contribution in [3.63, 3.8) is 0 Å². The van der Waals surface area contributed by atoms with Crippen LogP contribution in [0, 0.1) is 0 Å². The number of amides is 2. The molecule has 0 spiro atoms. The van der Waals surface area contributed by atoms with E-state index in [1.165, 1.54) is 4.90 Å². The summed E-state index contributed by atoms with van der Waals surface area (Å²) in [7, 11) is 0. The van der Waals surface area contributed by atoms with Crippen molar-refractivity contribution in [2.75, 3.05) is 6.54 Å². The molecule has 2 aliphatic rings. The Hall–Kier alpha value is -1.59. The summed E-state index contributed by atoms with van der Waals surface area (Å²) in [4.78, 5) is 35.6. The van der Waals surface area contributed by atoms with Gasteiger partial charge in [-0.05, 0) is 25.7 Å². The van der Waals surface area contributed by atoms with Crippen LogP contribution in [-0.4, -0.2) is 46.4 Å². The van der Waals surface area contributed by atoms with Gasteiger partial charge in [0.2, 0.25) is 11.8 Å². The Labute approximate surface area is 99.0 Å². The number of hydrogen-bond acceptors (Lipinski definition) is 3. The molecule has 17 heavy (non-hydrogen) atoms. The number of hydrogen-bond donors (Lipinski definition) is 2. The molecule has 0 aromatic heterocycles. The molecule has 0 aliphatic carbocycles. The topological polar surface area (TPSA) is 86.7 Å². The lowest BCUT2D eigenvalue weighted by Crippen LogP contribution is -2.53. The highest BCUT2D eigenvalue weighted by molar-refractivity contribution is 5.93. The average Bonchev–Trinajstić information content (AvgIpc) is 2.75. The van der Waals surface area contributed by atoms with E-state index in [1.807, 2.05) is 0 Å². The minimum absolute atomic E-state index is 0.132. The van der Waals surface area contributed by atoms with E-state index in [9.17, 15) is 14.4 Å². The van der Waals surface area contributed by atoms with E-state index in [1.54, 1.807) is 0 Å². The first-order valence-corrected chi connectivity index (χ1v) is 5.92. The maximum absolute atomic E-state index is 12.1. The van der Waals surface area contributed by atoms with Crippen LogP contribution in [0.5, 0.6) is 0 Å². The largest absolute Gasteiger partial charge is 0.480 e. The quantitative estimate of drug-likeness (QED) is 0.695. The third-order valence-corrected chi connectivity index (χ3v) is 3.36. The van der Waals surface area contributed by atoms with Crippen LogP contribution in [-0.2, 0) is 14.4 Å². The first-order valence-electron chi connectivity index (χ1n) is 5.92. The van der Waals surface area contributed by atoms with Crippen molar-refractivity contribution in [2.45, 2.75) is 44.2 Å². The first kappa shape index (κ1) is 11.9. The number of nitrogens with zero attached hydrogens (tertiary/aromatic N) is 1. The van der Waals surface area contributed by atoms with Crippen molar-refractivity contribution in [2.24, 2.45) is 0 Å². The van der Waals surface area contributed by atoms with Crippen LogP contribution in [0.4, 0.5) is 0 Å². The van der Waals surface area contributed by atoms with E-state index in [2.05, 4.69) is 5.32 Å². The predicted octanol–water partition coefficient (Wildman–Crippen LogP) is -0.269. The number of likely N-dealkylation sites (tertiary alicyclic amines) is 1. The molecule has 2 amide bonds. The molecule has 2 saturated heterocycles. The van der Waals surface area contributed by atoms with Gasteiger partial charge < -0.3 is 15.3 Å². The Morgan fingerprint density at radius 3 is 2.65 bits per heavy atom. The number of rotatable bonds is 2. The lowest BCUT2D eigenvalue weighted by atomic mass is 10.0. The smallest absolute Gasteiger partial charge is 0.326 e. The van der Waals surface area contributed by atoms with E-state index in [-0.39, 0.29) is 11.8 Å². The van der Waals surface area contributed by atoms with Gasteiger partial charge in [0.05, 0.1) is 0 Å². The molecular formula is C11H16N2O4. The van der Waals surface area contributed by atoms with Crippen molar-refractivity contribution < 1.29 is 19.5 Å². The molecule has 2 rings (SSSR count). The molecule has 6 nitrogen and oxygen atoms in total. The zero-order valence-electron chi connectivity index (χ0n) is 9.52. The fourth-order valence-corrected chi connectivity index (χ4v) is 2.45. The molecule has 0 bridgehead atoms. The summed E-state index contributed by atoms with van der Waals surface area (Å²) in [5.41, 5.74) is 0. The third-order valence-electron chi connectivity index (χ3n) is 3.36. The van der Waals surface area contributed by atoms with Crippen molar-refractivity contribution in [3.8, 4) is 0 Å². The summed E-state index contributed by atoms with van der Waals surface area (Å²) >= 11 is 0. The highest BCUT2D eigenvalue weighted by Gasteiger charge is 2.37. The Balaban J connectivity index is 2.06. The Morgan fingerprint density at radius 2 is 2.06 bits per heavy atom. The van der Waals surface area contributed by atoms with Crippen LogP contribution >= 0.6 is 0 Å². The zero-order valence-corrected chi connectivity index (χ0v) is 9.52. The van der Waals surface area contributed by atoms with Crippen molar-refractivity contribution >= 4 is 17.8 Å². The van der Waals surface area contributed by atoms with Crippen LogP contribution in [0.3, 0.4) is 0 Å². The van der Waals surface area contributed by atoms with Gasteiger partial charge in [0.25, 0.3) is 0 Å². The van der Waals surface area contributed by atoms with Gasteiger partial charge in [-0.1, -0.05) is 0 Å². The summed E-state index contributed by atoms with van der Waals surface area (Å²) in [5, 5.41) is 11.7. The molecule has 2 fully saturated rings. The standard InChI is InChI=1S/C11H16N2O4/c14-9-5-4-7(12-9)10(15)13-6-2-1-3-8(13)11(16)17/h7-8H,1-6H2,(H,12,14)(H,16,17)/t7?,8-/m1/s1. The van der Waals surface area contributed by atoms with Crippen LogP contribution in [0.2, 0.25) is 0 Å². The minimum Gasteiger partial charge on any atom is -0.480 e.